The molecule has 0 saturated carbocycles. The van der Waals surface area contributed by atoms with E-state index in [1.807, 2.05) is 13.8 Å². The van der Waals surface area contributed by atoms with Crippen LogP contribution in [0.4, 0.5) is 5.69 Å². The van der Waals surface area contributed by atoms with Crippen molar-refractivity contribution in [3.05, 3.63) is 45.4 Å². The van der Waals surface area contributed by atoms with Crippen molar-refractivity contribution in [1.29, 1.82) is 0 Å². The van der Waals surface area contributed by atoms with Gasteiger partial charge in [0.25, 0.3) is 0 Å². The Kier molecular flexibility index (Phi) is 4.70. The van der Waals surface area contributed by atoms with Gasteiger partial charge >= 0.3 is 5.97 Å². The van der Waals surface area contributed by atoms with Gasteiger partial charge in [-0.1, -0.05) is 0 Å². The van der Waals surface area contributed by atoms with Gasteiger partial charge in [0.05, 0.1) is 11.3 Å². The number of hydrogen-bond donors (Lipinski definition) is 1. The molecule has 1 N–H and O–H groups in total. The zero-order valence-electron chi connectivity index (χ0n) is 12.1. The fourth-order valence-electron chi connectivity index (χ4n) is 1.70. The van der Waals surface area contributed by atoms with Crippen LogP contribution in [0.5, 0.6) is 0 Å². The van der Waals surface area contributed by atoms with E-state index in [1.54, 1.807) is 24.3 Å². The fraction of sp³-hybridized carbons (Fsp3) is 0.267. The molecule has 0 aliphatic carbocycles. The second-order valence-corrected chi connectivity index (χ2v) is 5.87. The Morgan fingerprint density at radius 3 is 2.43 bits per heavy atom. The number of benzene rings is 1. The fourth-order valence-corrected chi connectivity index (χ4v) is 2.55. The molecular weight excluding hydrogens is 288 g/mol. The molecule has 0 aliphatic heterocycles. The number of nitrogens with zero attached hydrogens (tertiary/aromatic N) is 1. The molecule has 0 unspecified atom stereocenters. The average Bonchev–Trinajstić information content (AvgIpc) is 2.75. The number of rotatable bonds is 4. The number of carbonyl (C=O) groups excluding carboxylic acids is 2. The van der Waals surface area contributed by atoms with Gasteiger partial charge < -0.3 is 10.1 Å². The van der Waals surface area contributed by atoms with E-state index >= 15 is 0 Å². The quantitative estimate of drug-likeness (QED) is 0.881. The highest BCUT2D eigenvalue weighted by Gasteiger charge is 2.10. The summed E-state index contributed by atoms with van der Waals surface area (Å²) in [6.07, 6.45) is 0. The molecule has 21 heavy (non-hydrogen) atoms. The molecule has 1 amide bonds. The molecule has 2 rings (SSSR count). The summed E-state index contributed by atoms with van der Waals surface area (Å²) < 4.78 is 5.23. The topological polar surface area (TPSA) is 68.3 Å². The van der Waals surface area contributed by atoms with Crippen LogP contribution in [0.25, 0.3) is 0 Å². The lowest BCUT2D eigenvalue weighted by molar-refractivity contribution is -0.114. The zero-order valence-corrected chi connectivity index (χ0v) is 12.9. The largest absolute Gasteiger partial charge is 0.455 e. The summed E-state index contributed by atoms with van der Waals surface area (Å²) >= 11 is 1.52. The lowest BCUT2D eigenvalue weighted by atomic mass is 10.2. The van der Waals surface area contributed by atoms with Crippen LogP contribution in [0, 0.1) is 13.8 Å². The lowest BCUT2D eigenvalue weighted by Gasteiger charge is -2.05. The molecule has 1 aromatic heterocycles. The number of amides is 1. The molecule has 110 valence electrons. The van der Waals surface area contributed by atoms with Crippen LogP contribution in [-0.2, 0) is 16.1 Å². The molecule has 1 aromatic carbocycles. The number of thiazole rings is 1. The Balaban J connectivity index is 1.95. The van der Waals surface area contributed by atoms with Gasteiger partial charge in [-0.15, -0.1) is 11.3 Å². The van der Waals surface area contributed by atoms with Crippen LogP contribution in [0.15, 0.2) is 24.3 Å². The van der Waals surface area contributed by atoms with Gasteiger partial charge in [-0.25, -0.2) is 9.78 Å². The molecule has 0 spiro atoms. The number of carbonyl (C=O) groups is 2. The first kappa shape index (κ1) is 15.2. The minimum absolute atomic E-state index is 0.153. The Morgan fingerprint density at radius 1 is 1.24 bits per heavy atom. The zero-order chi connectivity index (χ0) is 15.4. The summed E-state index contributed by atoms with van der Waals surface area (Å²) in [5.74, 6) is -0.560. The Bertz CT molecular complexity index is 643. The standard InChI is InChI=1S/C15H16N2O3S/c1-9-10(2)21-14(16-9)8-20-15(19)12-4-6-13(7-5-12)17-11(3)18/h4-7H,8H2,1-3H3,(H,17,18). The van der Waals surface area contributed by atoms with Crippen molar-refractivity contribution in [3.8, 4) is 0 Å². The Labute approximate surface area is 127 Å². The highest BCUT2D eigenvalue weighted by Crippen LogP contribution is 2.18. The predicted octanol–water partition coefficient (Wildman–Crippen LogP) is 3.08. The molecule has 0 radical (unpaired) electrons. The minimum atomic E-state index is -0.408. The highest BCUT2D eigenvalue weighted by molar-refractivity contribution is 7.11. The third-order valence-corrected chi connectivity index (χ3v) is 3.89. The maximum absolute atomic E-state index is 11.9. The first-order chi connectivity index (χ1) is 9.95. The van der Waals surface area contributed by atoms with E-state index in [-0.39, 0.29) is 12.5 Å². The number of hydrogen-bond acceptors (Lipinski definition) is 5. The van der Waals surface area contributed by atoms with E-state index in [9.17, 15) is 9.59 Å². The van der Waals surface area contributed by atoms with Crippen molar-refractivity contribution >= 4 is 28.9 Å². The second kappa shape index (κ2) is 6.49. The third-order valence-electron chi connectivity index (χ3n) is 2.84. The molecule has 2 aromatic rings. The van der Waals surface area contributed by atoms with Gasteiger partial charge in [-0.3, -0.25) is 4.79 Å². The van der Waals surface area contributed by atoms with E-state index in [4.69, 9.17) is 4.74 Å². The normalized spacial score (nSPS) is 10.2. The van der Waals surface area contributed by atoms with E-state index in [2.05, 4.69) is 10.3 Å². The Morgan fingerprint density at radius 2 is 1.90 bits per heavy atom. The number of aryl methyl sites for hydroxylation is 2. The SMILES string of the molecule is CC(=O)Nc1ccc(C(=O)OCc2nc(C)c(C)s2)cc1. The van der Waals surface area contributed by atoms with E-state index < -0.39 is 5.97 Å². The van der Waals surface area contributed by atoms with Gasteiger partial charge in [0.15, 0.2) is 0 Å². The summed E-state index contributed by atoms with van der Waals surface area (Å²) in [5.41, 5.74) is 2.05. The van der Waals surface area contributed by atoms with Crippen LogP contribution in [0.1, 0.15) is 32.9 Å². The van der Waals surface area contributed by atoms with Gasteiger partial charge in [-0.2, -0.15) is 0 Å². The summed E-state index contributed by atoms with van der Waals surface area (Å²) in [4.78, 5) is 28.3. The second-order valence-electron chi connectivity index (χ2n) is 4.58. The van der Waals surface area contributed by atoms with Crippen LogP contribution >= 0.6 is 11.3 Å². The lowest BCUT2D eigenvalue weighted by Crippen LogP contribution is -2.07. The predicted molar refractivity (Wildman–Crippen MR) is 81.5 cm³/mol. The van der Waals surface area contributed by atoms with Crippen molar-refractivity contribution in [2.24, 2.45) is 0 Å². The molecule has 6 heteroatoms. The molecular formula is C15H16N2O3S. The maximum atomic E-state index is 11.9. The van der Waals surface area contributed by atoms with Crippen LogP contribution < -0.4 is 5.32 Å². The smallest absolute Gasteiger partial charge is 0.338 e. The van der Waals surface area contributed by atoms with E-state index in [0.29, 0.717) is 11.3 Å². The van der Waals surface area contributed by atoms with Crippen molar-refractivity contribution < 1.29 is 14.3 Å². The monoisotopic (exact) mass is 304 g/mol. The average molecular weight is 304 g/mol. The van der Waals surface area contributed by atoms with Crippen LogP contribution in [-0.4, -0.2) is 16.9 Å². The molecule has 1 heterocycles. The van der Waals surface area contributed by atoms with Crippen molar-refractivity contribution in [3.63, 3.8) is 0 Å². The molecule has 0 fully saturated rings. The van der Waals surface area contributed by atoms with Gasteiger partial charge in [0.2, 0.25) is 5.91 Å². The summed E-state index contributed by atoms with van der Waals surface area (Å²) in [5, 5.41) is 3.42. The van der Waals surface area contributed by atoms with Crippen molar-refractivity contribution in [2.75, 3.05) is 5.32 Å². The van der Waals surface area contributed by atoms with Gasteiger partial charge in [0, 0.05) is 17.5 Å². The molecule has 0 atom stereocenters. The summed E-state index contributed by atoms with van der Waals surface area (Å²) in [6, 6.07) is 6.56. The first-order valence-electron chi connectivity index (χ1n) is 6.43. The third kappa shape index (κ3) is 4.13. The number of anilines is 1. The van der Waals surface area contributed by atoms with Gasteiger partial charge in [0.1, 0.15) is 11.6 Å². The van der Waals surface area contributed by atoms with Crippen molar-refractivity contribution in [1.82, 2.24) is 4.98 Å². The van der Waals surface area contributed by atoms with Crippen molar-refractivity contribution in [2.45, 2.75) is 27.4 Å². The maximum Gasteiger partial charge on any atom is 0.338 e. The number of nitrogens with one attached hydrogen (secondary N) is 1. The number of ether oxygens (including phenoxy) is 1. The summed E-state index contributed by atoms with van der Waals surface area (Å²) in [6.45, 7) is 5.52. The minimum Gasteiger partial charge on any atom is -0.455 e. The van der Waals surface area contributed by atoms with Gasteiger partial charge in [-0.05, 0) is 38.1 Å². The highest BCUT2D eigenvalue weighted by atomic mass is 32.1. The van der Waals surface area contributed by atoms with E-state index in [0.717, 1.165) is 15.6 Å². The molecule has 0 bridgehead atoms. The summed E-state index contributed by atoms with van der Waals surface area (Å²) in [7, 11) is 0. The number of esters is 1. The molecule has 5 nitrogen and oxygen atoms in total. The van der Waals surface area contributed by atoms with E-state index in [1.165, 1.54) is 18.3 Å². The molecule has 0 aliphatic rings. The molecule has 0 saturated heterocycles. The first-order valence-corrected chi connectivity index (χ1v) is 7.25. The Hall–Kier alpha value is -2.21. The number of aromatic nitrogens is 1. The van der Waals surface area contributed by atoms with Crippen LogP contribution in [0.3, 0.4) is 0 Å². The van der Waals surface area contributed by atoms with Crippen LogP contribution in [0.2, 0.25) is 0 Å².